The number of fused-ring (bicyclic) bond motifs is 1. The number of imidazole rings is 1. The summed E-state index contributed by atoms with van der Waals surface area (Å²) in [6.07, 6.45) is 6.77. The zero-order chi connectivity index (χ0) is 23.1. The molecule has 5 atom stereocenters. The summed E-state index contributed by atoms with van der Waals surface area (Å²) in [6, 6.07) is 5.65. The van der Waals surface area contributed by atoms with E-state index in [0.29, 0.717) is 6.04 Å². The molecule has 5 unspecified atom stereocenters. The standard InChI is InChI=1S/C26H36FN5O/c1-4-16-13-18(33)5-6-19(16)20-7-8-21-24(23(20)27)30-31-25(21)26-28-14-22(29-26)17-9-11-32(12-10-17)15(2)3/h5-6,9,13-15,20-21,23-25,30-31,33H,4,7-8,10-12H2,1-3H3,(H,28,29). The van der Waals surface area contributed by atoms with E-state index in [1.165, 1.54) is 5.57 Å². The van der Waals surface area contributed by atoms with E-state index in [2.05, 4.69) is 47.6 Å². The number of hydrogen-bond acceptors (Lipinski definition) is 5. The summed E-state index contributed by atoms with van der Waals surface area (Å²) in [6.45, 7) is 8.56. The number of nitrogens with one attached hydrogen (secondary N) is 3. The number of aromatic amines is 1. The van der Waals surface area contributed by atoms with Crippen molar-refractivity contribution in [3.8, 4) is 5.75 Å². The minimum Gasteiger partial charge on any atom is -0.508 e. The zero-order valence-corrected chi connectivity index (χ0v) is 19.8. The van der Waals surface area contributed by atoms with Crippen molar-refractivity contribution in [1.82, 2.24) is 25.7 Å². The Balaban J connectivity index is 1.30. The smallest absolute Gasteiger partial charge is 0.125 e. The summed E-state index contributed by atoms with van der Waals surface area (Å²) in [5, 5.41) is 9.84. The maximum absolute atomic E-state index is 15.8. The number of alkyl halides is 1. The number of H-pyrrole nitrogens is 1. The van der Waals surface area contributed by atoms with Crippen LogP contribution in [0.4, 0.5) is 4.39 Å². The van der Waals surface area contributed by atoms with Crippen LogP contribution >= 0.6 is 0 Å². The minimum atomic E-state index is -0.992. The topological polar surface area (TPSA) is 76.2 Å². The molecule has 3 aliphatic rings. The van der Waals surface area contributed by atoms with Gasteiger partial charge in [0.15, 0.2) is 0 Å². The number of aromatic nitrogens is 2. The number of aromatic hydroxyl groups is 1. The second-order valence-electron chi connectivity index (χ2n) is 10.1. The molecule has 0 spiro atoms. The molecule has 5 rings (SSSR count). The average Bonchev–Trinajstić information content (AvgIpc) is 3.47. The van der Waals surface area contributed by atoms with Crippen LogP contribution in [0, 0.1) is 5.92 Å². The number of halogens is 1. The molecule has 2 aromatic rings. The molecule has 4 N–H and O–H groups in total. The van der Waals surface area contributed by atoms with Crippen LogP contribution in [0.5, 0.6) is 5.75 Å². The second-order valence-corrected chi connectivity index (χ2v) is 10.1. The van der Waals surface area contributed by atoms with Gasteiger partial charge in [0.25, 0.3) is 0 Å². The Morgan fingerprint density at radius 1 is 1.24 bits per heavy atom. The van der Waals surface area contributed by atoms with E-state index >= 15 is 4.39 Å². The molecule has 0 amide bonds. The number of benzene rings is 1. The molecule has 0 bridgehead atoms. The van der Waals surface area contributed by atoms with Crippen molar-refractivity contribution >= 4 is 5.57 Å². The summed E-state index contributed by atoms with van der Waals surface area (Å²) >= 11 is 0. The fourth-order valence-corrected chi connectivity index (χ4v) is 5.97. The maximum Gasteiger partial charge on any atom is 0.125 e. The minimum absolute atomic E-state index is 0.0234. The van der Waals surface area contributed by atoms with Crippen LogP contribution in [-0.4, -0.2) is 51.3 Å². The van der Waals surface area contributed by atoms with Gasteiger partial charge in [0.2, 0.25) is 0 Å². The Labute approximate surface area is 195 Å². The van der Waals surface area contributed by atoms with Crippen LogP contribution in [0.1, 0.15) is 74.6 Å². The Hall–Kier alpha value is -2.22. The number of rotatable bonds is 5. The first-order chi connectivity index (χ1) is 16.0. The number of hydrogen-bond donors (Lipinski definition) is 4. The molecule has 7 heteroatoms. The van der Waals surface area contributed by atoms with E-state index in [4.69, 9.17) is 4.98 Å². The van der Waals surface area contributed by atoms with Gasteiger partial charge < -0.3 is 10.1 Å². The molecule has 3 heterocycles. The number of aryl methyl sites for hydroxylation is 1. The molecule has 1 aromatic heterocycles. The Bertz CT molecular complexity index is 1020. The Kier molecular flexibility index (Phi) is 6.29. The fraction of sp³-hybridized carbons (Fsp3) is 0.577. The summed E-state index contributed by atoms with van der Waals surface area (Å²) in [7, 11) is 0. The lowest BCUT2D eigenvalue weighted by atomic mass is 9.71. The number of nitrogens with zero attached hydrogens (tertiary/aromatic N) is 2. The predicted octanol–water partition coefficient (Wildman–Crippen LogP) is 4.22. The van der Waals surface area contributed by atoms with Gasteiger partial charge in [0, 0.05) is 31.0 Å². The molecular formula is C26H36FN5O. The highest BCUT2D eigenvalue weighted by Crippen LogP contribution is 2.45. The highest BCUT2D eigenvalue weighted by Gasteiger charge is 2.48. The van der Waals surface area contributed by atoms with Gasteiger partial charge in [-0.15, -0.1) is 0 Å². The molecule has 1 aromatic carbocycles. The summed E-state index contributed by atoms with van der Waals surface area (Å²) in [5.41, 5.74) is 11.1. The highest BCUT2D eigenvalue weighted by atomic mass is 19.1. The average molecular weight is 454 g/mol. The van der Waals surface area contributed by atoms with Gasteiger partial charge >= 0.3 is 0 Å². The summed E-state index contributed by atoms with van der Waals surface area (Å²) in [4.78, 5) is 10.7. The molecule has 1 saturated heterocycles. The van der Waals surface area contributed by atoms with Crippen molar-refractivity contribution in [2.45, 2.75) is 76.7 Å². The van der Waals surface area contributed by atoms with Crippen molar-refractivity contribution in [3.05, 3.63) is 53.1 Å². The number of hydrazine groups is 1. The maximum atomic E-state index is 15.8. The quantitative estimate of drug-likeness (QED) is 0.545. The van der Waals surface area contributed by atoms with E-state index in [1.54, 1.807) is 12.1 Å². The molecule has 6 nitrogen and oxygen atoms in total. The van der Waals surface area contributed by atoms with Crippen molar-refractivity contribution in [2.75, 3.05) is 13.1 Å². The van der Waals surface area contributed by atoms with E-state index < -0.39 is 6.17 Å². The van der Waals surface area contributed by atoms with Gasteiger partial charge in [-0.2, -0.15) is 0 Å². The molecular weight excluding hydrogens is 417 g/mol. The van der Waals surface area contributed by atoms with Crippen LogP contribution in [0.2, 0.25) is 0 Å². The van der Waals surface area contributed by atoms with Crippen molar-refractivity contribution in [2.24, 2.45) is 5.92 Å². The Morgan fingerprint density at radius 3 is 2.82 bits per heavy atom. The monoisotopic (exact) mass is 453 g/mol. The third-order valence-corrected chi connectivity index (χ3v) is 7.95. The Morgan fingerprint density at radius 2 is 2.09 bits per heavy atom. The third-order valence-electron chi connectivity index (χ3n) is 7.95. The SMILES string of the molecule is CCc1cc(O)ccc1C1CCC2C(c3ncc(C4=CCN(C(C)C)CC4)[nH]3)NNC2C1F. The zero-order valence-electron chi connectivity index (χ0n) is 19.8. The molecule has 33 heavy (non-hydrogen) atoms. The van der Waals surface area contributed by atoms with Gasteiger partial charge in [-0.3, -0.25) is 10.3 Å². The van der Waals surface area contributed by atoms with E-state index in [9.17, 15) is 5.11 Å². The number of phenols is 1. The van der Waals surface area contributed by atoms with Crippen LogP contribution in [-0.2, 0) is 6.42 Å². The molecule has 0 radical (unpaired) electrons. The molecule has 1 saturated carbocycles. The first kappa shape index (κ1) is 22.6. The predicted molar refractivity (Wildman–Crippen MR) is 129 cm³/mol. The summed E-state index contributed by atoms with van der Waals surface area (Å²) < 4.78 is 15.8. The van der Waals surface area contributed by atoms with E-state index in [0.717, 1.165) is 61.4 Å². The lowest BCUT2D eigenvalue weighted by Gasteiger charge is -2.36. The normalized spacial score (nSPS) is 30.5. The largest absolute Gasteiger partial charge is 0.508 e. The first-order valence-corrected chi connectivity index (χ1v) is 12.4. The molecule has 178 valence electrons. The summed E-state index contributed by atoms with van der Waals surface area (Å²) in [5.74, 6) is 1.13. The van der Waals surface area contributed by atoms with E-state index in [1.807, 2.05) is 12.3 Å². The second kappa shape index (κ2) is 9.20. The molecule has 1 aliphatic carbocycles. The van der Waals surface area contributed by atoms with Gasteiger partial charge in [-0.1, -0.05) is 19.1 Å². The molecule has 2 fully saturated rings. The van der Waals surface area contributed by atoms with Crippen LogP contribution in [0.15, 0.2) is 30.5 Å². The fourth-order valence-electron chi connectivity index (χ4n) is 5.97. The van der Waals surface area contributed by atoms with Crippen molar-refractivity contribution in [3.63, 3.8) is 0 Å². The molecule has 2 aliphatic heterocycles. The van der Waals surface area contributed by atoms with Crippen molar-refractivity contribution < 1.29 is 9.50 Å². The lowest BCUT2D eigenvalue weighted by Crippen LogP contribution is -2.45. The number of phenolic OH excluding ortho intramolecular Hbond substituents is 1. The van der Waals surface area contributed by atoms with E-state index in [-0.39, 0.29) is 29.7 Å². The van der Waals surface area contributed by atoms with Crippen LogP contribution < -0.4 is 10.9 Å². The van der Waals surface area contributed by atoms with Gasteiger partial charge in [0.05, 0.1) is 24.0 Å². The first-order valence-electron chi connectivity index (χ1n) is 12.4. The van der Waals surface area contributed by atoms with Crippen molar-refractivity contribution in [1.29, 1.82) is 0 Å². The van der Waals surface area contributed by atoms with Gasteiger partial charge in [0.1, 0.15) is 17.7 Å². The van der Waals surface area contributed by atoms with Gasteiger partial charge in [-0.05, 0) is 68.4 Å². The highest BCUT2D eigenvalue weighted by molar-refractivity contribution is 5.63. The van der Waals surface area contributed by atoms with Gasteiger partial charge in [-0.25, -0.2) is 14.8 Å². The van der Waals surface area contributed by atoms with Crippen LogP contribution in [0.3, 0.4) is 0 Å². The third kappa shape index (κ3) is 4.22. The van der Waals surface area contributed by atoms with Crippen LogP contribution in [0.25, 0.3) is 5.57 Å². The lowest BCUT2D eigenvalue weighted by molar-refractivity contribution is 0.135.